The number of hydrazone groups is 1. The first kappa shape index (κ1) is 17.8. The van der Waals surface area contributed by atoms with Gasteiger partial charge in [0.15, 0.2) is 11.6 Å². The van der Waals surface area contributed by atoms with Gasteiger partial charge in [-0.05, 0) is 19.1 Å². The third-order valence-electron chi connectivity index (χ3n) is 2.84. The highest BCUT2D eigenvalue weighted by Crippen LogP contribution is 2.21. The van der Waals surface area contributed by atoms with Gasteiger partial charge in [-0.25, -0.2) is 9.37 Å². The van der Waals surface area contributed by atoms with E-state index in [-0.39, 0.29) is 23.7 Å². The van der Waals surface area contributed by atoms with E-state index in [0.717, 1.165) is 6.21 Å². The van der Waals surface area contributed by atoms with Crippen molar-refractivity contribution >= 4 is 28.7 Å². The second kappa shape index (κ2) is 8.34. The van der Waals surface area contributed by atoms with Crippen LogP contribution in [0.15, 0.2) is 22.6 Å². The van der Waals surface area contributed by atoms with Gasteiger partial charge in [0.2, 0.25) is 10.9 Å². The monoisotopic (exact) mass is 355 g/mol. The summed E-state index contributed by atoms with van der Waals surface area (Å²) in [4.78, 5) is 15.5. The summed E-state index contributed by atoms with van der Waals surface area (Å²) in [5.74, 6) is -2.68. The molecular weight excluding hydrogens is 340 g/mol. The topological polar surface area (TPSA) is 72.8 Å². The van der Waals surface area contributed by atoms with Crippen LogP contribution in [0.3, 0.4) is 0 Å². The molecule has 0 spiro atoms. The summed E-state index contributed by atoms with van der Waals surface area (Å²) >= 11 is 1.23. The standard InChI is InChI=1S/C15H15F2N3O3S/c1-3-23-12(21)6-10-8-24-15(19-10)20-18-7-9-4-5-11(22-2)14(17)13(9)16/h4-5,7-8H,3,6H2,1-2H3,(H,19,20). The Morgan fingerprint density at radius 1 is 1.42 bits per heavy atom. The molecule has 0 atom stereocenters. The van der Waals surface area contributed by atoms with Crippen LogP contribution in [0.5, 0.6) is 5.75 Å². The molecule has 128 valence electrons. The van der Waals surface area contributed by atoms with Gasteiger partial charge in [-0.1, -0.05) is 0 Å². The van der Waals surface area contributed by atoms with E-state index in [1.54, 1.807) is 12.3 Å². The highest BCUT2D eigenvalue weighted by Gasteiger charge is 2.12. The van der Waals surface area contributed by atoms with Crippen molar-refractivity contribution in [2.75, 3.05) is 19.1 Å². The van der Waals surface area contributed by atoms with Crippen LogP contribution in [-0.2, 0) is 16.0 Å². The zero-order chi connectivity index (χ0) is 17.5. The van der Waals surface area contributed by atoms with E-state index >= 15 is 0 Å². The molecule has 2 aromatic rings. The molecule has 1 aromatic carbocycles. The summed E-state index contributed by atoms with van der Waals surface area (Å²) in [6, 6.07) is 2.65. The van der Waals surface area contributed by atoms with Crippen molar-refractivity contribution in [3.8, 4) is 5.75 Å². The summed E-state index contributed by atoms with van der Waals surface area (Å²) in [6.07, 6.45) is 1.19. The van der Waals surface area contributed by atoms with Crippen LogP contribution >= 0.6 is 11.3 Å². The highest BCUT2D eigenvalue weighted by molar-refractivity contribution is 7.13. The number of benzene rings is 1. The number of carbonyl (C=O) groups excluding carboxylic acids is 1. The average molecular weight is 355 g/mol. The van der Waals surface area contributed by atoms with Crippen LogP contribution in [0, 0.1) is 11.6 Å². The number of carbonyl (C=O) groups is 1. The van der Waals surface area contributed by atoms with Crippen molar-refractivity contribution < 1.29 is 23.0 Å². The van der Waals surface area contributed by atoms with E-state index in [2.05, 4.69) is 20.2 Å². The van der Waals surface area contributed by atoms with Crippen LogP contribution in [0.4, 0.5) is 13.9 Å². The zero-order valence-electron chi connectivity index (χ0n) is 13.0. The predicted molar refractivity (Wildman–Crippen MR) is 86.6 cm³/mol. The van der Waals surface area contributed by atoms with Crippen molar-refractivity contribution in [2.45, 2.75) is 13.3 Å². The van der Waals surface area contributed by atoms with Gasteiger partial charge in [0.1, 0.15) is 0 Å². The van der Waals surface area contributed by atoms with E-state index in [4.69, 9.17) is 4.74 Å². The molecule has 0 saturated carbocycles. The maximum Gasteiger partial charge on any atom is 0.311 e. The number of esters is 1. The lowest BCUT2D eigenvalue weighted by Crippen LogP contribution is -2.07. The molecule has 0 radical (unpaired) electrons. The Morgan fingerprint density at radius 3 is 2.92 bits per heavy atom. The van der Waals surface area contributed by atoms with Gasteiger partial charge in [-0.15, -0.1) is 11.3 Å². The van der Waals surface area contributed by atoms with Crippen LogP contribution < -0.4 is 10.2 Å². The number of nitrogens with one attached hydrogen (secondary N) is 1. The molecule has 0 saturated heterocycles. The Labute approximate surface area is 141 Å². The molecule has 2 rings (SSSR count). The lowest BCUT2D eigenvalue weighted by atomic mass is 10.2. The second-order valence-corrected chi connectivity index (χ2v) is 5.34. The van der Waals surface area contributed by atoms with Crippen LogP contribution in [0.25, 0.3) is 0 Å². The molecule has 0 unspecified atom stereocenters. The van der Waals surface area contributed by atoms with Gasteiger partial charge in [0, 0.05) is 10.9 Å². The molecule has 0 aliphatic rings. The first-order valence-corrected chi connectivity index (χ1v) is 7.84. The number of nitrogens with zero attached hydrogens (tertiary/aromatic N) is 2. The first-order valence-electron chi connectivity index (χ1n) is 6.96. The number of hydrogen-bond acceptors (Lipinski definition) is 7. The fourth-order valence-electron chi connectivity index (χ4n) is 1.76. The zero-order valence-corrected chi connectivity index (χ0v) is 13.8. The Morgan fingerprint density at radius 2 is 2.21 bits per heavy atom. The summed E-state index contributed by atoms with van der Waals surface area (Å²) in [6.45, 7) is 2.03. The van der Waals surface area contributed by atoms with Crippen molar-refractivity contribution in [3.63, 3.8) is 0 Å². The van der Waals surface area contributed by atoms with Crippen molar-refractivity contribution in [2.24, 2.45) is 5.10 Å². The quantitative estimate of drug-likeness (QED) is 0.470. The van der Waals surface area contributed by atoms with Crippen LogP contribution in [0.1, 0.15) is 18.2 Å². The molecule has 1 heterocycles. The Balaban J connectivity index is 1.99. The van der Waals surface area contributed by atoms with Gasteiger partial charge >= 0.3 is 5.97 Å². The van der Waals surface area contributed by atoms with E-state index in [1.807, 2.05) is 0 Å². The third-order valence-corrected chi connectivity index (χ3v) is 3.64. The van der Waals surface area contributed by atoms with E-state index < -0.39 is 11.6 Å². The number of halogens is 2. The normalized spacial score (nSPS) is 10.8. The molecule has 1 aromatic heterocycles. The number of anilines is 1. The number of hydrogen-bond donors (Lipinski definition) is 1. The van der Waals surface area contributed by atoms with Crippen LogP contribution in [0.2, 0.25) is 0 Å². The summed E-state index contributed by atoms with van der Waals surface area (Å²) < 4.78 is 36.8. The molecule has 0 aliphatic heterocycles. The Hall–Kier alpha value is -2.55. The maximum atomic E-state index is 13.8. The molecule has 6 nitrogen and oxygen atoms in total. The maximum absolute atomic E-state index is 13.8. The second-order valence-electron chi connectivity index (χ2n) is 4.48. The van der Waals surface area contributed by atoms with E-state index in [9.17, 15) is 13.6 Å². The Kier molecular flexibility index (Phi) is 6.19. The van der Waals surface area contributed by atoms with Gasteiger partial charge < -0.3 is 9.47 Å². The molecule has 0 bridgehead atoms. The van der Waals surface area contributed by atoms with E-state index in [0.29, 0.717) is 17.4 Å². The van der Waals surface area contributed by atoms with Crippen molar-refractivity contribution in [1.82, 2.24) is 4.98 Å². The number of aromatic nitrogens is 1. The van der Waals surface area contributed by atoms with Gasteiger partial charge in [-0.2, -0.15) is 9.49 Å². The molecule has 0 aliphatic carbocycles. The van der Waals surface area contributed by atoms with Gasteiger partial charge in [0.25, 0.3) is 0 Å². The molecule has 24 heavy (non-hydrogen) atoms. The molecule has 9 heteroatoms. The molecule has 1 N–H and O–H groups in total. The van der Waals surface area contributed by atoms with Crippen molar-refractivity contribution in [1.29, 1.82) is 0 Å². The number of thiazole rings is 1. The van der Waals surface area contributed by atoms with E-state index in [1.165, 1.54) is 30.6 Å². The summed E-state index contributed by atoms with van der Waals surface area (Å²) in [7, 11) is 1.25. The lowest BCUT2D eigenvalue weighted by Gasteiger charge is -2.04. The number of rotatable bonds is 7. The number of methoxy groups -OCH3 is 1. The predicted octanol–water partition coefficient (Wildman–Crippen LogP) is 2.98. The highest BCUT2D eigenvalue weighted by atomic mass is 32.1. The SMILES string of the molecule is CCOC(=O)Cc1csc(NN=Cc2ccc(OC)c(F)c2F)n1. The smallest absolute Gasteiger partial charge is 0.311 e. The molecule has 0 amide bonds. The largest absolute Gasteiger partial charge is 0.494 e. The fourth-order valence-corrected chi connectivity index (χ4v) is 2.42. The Bertz CT molecular complexity index is 750. The fraction of sp³-hybridized carbons (Fsp3) is 0.267. The first-order chi connectivity index (χ1) is 11.5. The molecular formula is C15H15F2N3O3S. The van der Waals surface area contributed by atoms with Crippen LogP contribution in [-0.4, -0.2) is 30.9 Å². The minimum absolute atomic E-state index is 0.0379. The number of ether oxygens (including phenoxy) is 2. The lowest BCUT2D eigenvalue weighted by molar-refractivity contribution is -0.142. The van der Waals surface area contributed by atoms with Gasteiger partial charge in [-0.3, -0.25) is 10.2 Å². The minimum Gasteiger partial charge on any atom is -0.494 e. The summed E-state index contributed by atoms with van der Waals surface area (Å²) in [5.41, 5.74) is 3.10. The molecule has 0 fully saturated rings. The third kappa shape index (κ3) is 4.48. The van der Waals surface area contributed by atoms with Gasteiger partial charge in [0.05, 0.1) is 32.0 Å². The minimum atomic E-state index is -1.08. The summed E-state index contributed by atoms with van der Waals surface area (Å²) in [5, 5.41) is 5.91. The van der Waals surface area contributed by atoms with Crippen molar-refractivity contribution in [3.05, 3.63) is 40.4 Å². The average Bonchev–Trinajstić information content (AvgIpc) is 2.99.